The summed E-state index contributed by atoms with van der Waals surface area (Å²) in [6, 6.07) is 5.76. The third-order valence-electron chi connectivity index (χ3n) is 2.57. The Kier molecular flexibility index (Phi) is 2.88. The second-order valence-corrected chi connectivity index (χ2v) is 4.95. The molecule has 6 nitrogen and oxygen atoms in total. The number of hydrogen-bond acceptors (Lipinski definition) is 4. The van der Waals surface area contributed by atoms with Gasteiger partial charge in [0.25, 0.3) is 5.91 Å². The number of amides is 1. The number of carbonyl (C=O) groups excluding carboxylic acids is 1. The number of anilines is 1. The lowest BCUT2D eigenvalue weighted by Gasteiger charge is -1.97. The molecule has 3 heterocycles. The lowest BCUT2D eigenvalue weighted by molar-refractivity contribution is 0.102. The van der Waals surface area contributed by atoms with Crippen molar-refractivity contribution >= 4 is 23.1 Å². The second kappa shape index (κ2) is 4.69. The van der Waals surface area contributed by atoms with Gasteiger partial charge in [0.15, 0.2) is 5.82 Å². The van der Waals surface area contributed by atoms with Crippen LogP contribution in [0.3, 0.4) is 0 Å². The maximum absolute atomic E-state index is 11.9. The second-order valence-electron chi connectivity index (χ2n) is 4.00. The van der Waals surface area contributed by atoms with Crippen molar-refractivity contribution in [3.05, 3.63) is 41.5 Å². The highest BCUT2D eigenvalue weighted by molar-refractivity contribution is 7.13. The van der Waals surface area contributed by atoms with Gasteiger partial charge in [-0.1, -0.05) is 6.07 Å². The maximum atomic E-state index is 11.9. The van der Waals surface area contributed by atoms with E-state index in [-0.39, 0.29) is 5.91 Å². The molecule has 2 N–H and O–H groups in total. The van der Waals surface area contributed by atoms with Gasteiger partial charge in [-0.3, -0.25) is 14.6 Å². The van der Waals surface area contributed by atoms with E-state index in [0.29, 0.717) is 11.4 Å². The third-order valence-corrected chi connectivity index (χ3v) is 3.48. The highest BCUT2D eigenvalue weighted by atomic mass is 32.1. The zero-order valence-electron chi connectivity index (χ0n) is 10.1. The topological polar surface area (TPSA) is 75.6 Å². The van der Waals surface area contributed by atoms with E-state index in [0.717, 1.165) is 10.6 Å². The number of aromatic nitrogens is 4. The molecule has 3 rings (SSSR count). The molecule has 3 aromatic heterocycles. The molecule has 19 heavy (non-hydrogen) atoms. The molecule has 96 valence electrons. The van der Waals surface area contributed by atoms with Crippen LogP contribution in [0, 0.1) is 0 Å². The molecule has 1 amide bonds. The molecule has 0 aliphatic carbocycles. The molecule has 0 aliphatic heterocycles. The molecule has 0 atom stereocenters. The molecular weight excluding hydrogens is 262 g/mol. The van der Waals surface area contributed by atoms with E-state index in [9.17, 15) is 4.79 Å². The Morgan fingerprint density at radius 2 is 2.42 bits per heavy atom. The van der Waals surface area contributed by atoms with Gasteiger partial charge in [0.2, 0.25) is 0 Å². The average Bonchev–Trinajstić information content (AvgIpc) is 3.07. The van der Waals surface area contributed by atoms with Gasteiger partial charge >= 0.3 is 0 Å². The van der Waals surface area contributed by atoms with Crippen molar-refractivity contribution in [3.8, 4) is 10.6 Å². The summed E-state index contributed by atoms with van der Waals surface area (Å²) >= 11 is 1.61. The van der Waals surface area contributed by atoms with Gasteiger partial charge in [0.1, 0.15) is 0 Å². The third kappa shape index (κ3) is 2.41. The number of aromatic amines is 1. The fourth-order valence-electron chi connectivity index (χ4n) is 1.67. The summed E-state index contributed by atoms with van der Waals surface area (Å²) in [4.78, 5) is 13.0. The summed E-state index contributed by atoms with van der Waals surface area (Å²) < 4.78 is 1.58. The Morgan fingerprint density at radius 1 is 1.53 bits per heavy atom. The first-order valence-corrected chi connectivity index (χ1v) is 6.49. The van der Waals surface area contributed by atoms with Crippen LogP contribution in [0.4, 0.5) is 5.82 Å². The Hall–Kier alpha value is -2.41. The lowest BCUT2D eigenvalue weighted by Crippen LogP contribution is -2.11. The van der Waals surface area contributed by atoms with E-state index >= 15 is 0 Å². The van der Waals surface area contributed by atoms with Crippen LogP contribution in [0.1, 0.15) is 10.4 Å². The monoisotopic (exact) mass is 273 g/mol. The molecule has 3 aromatic rings. The SMILES string of the molecule is Cn1cc(C(=O)Nc2cc(-c3cccs3)[nH]n2)cn1. The molecule has 0 saturated heterocycles. The van der Waals surface area contributed by atoms with Crippen molar-refractivity contribution in [2.45, 2.75) is 0 Å². The number of aryl methyl sites for hydroxylation is 1. The molecule has 0 spiro atoms. The fraction of sp³-hybridized carbons (Fsp3) is 0.0833. The van der Waals surface area contributed by atoms with Crippen LogP contribution < -0.4 is 5.32 Å². The number of nitrogens with zero attached hydrogens (tertiary/aromatic N) is 3. The normalized spacial score (nSPS) is 10.6. The Labute approximate surface area is 113 Å². The van der Waals surface area contributed by atoms with Gasteiger partial charge < -0.3 is 5.32 Å². The number of nitrogens with one attached hydrogen (secondary N) is 2. The minimum atomic E-state index is -0.225. The van der Waals surface area contributed by atoms with Crippen LogP contribution in [-0.2, 0) is 7.05 Å². The van der Waals surface area contributed by atoms with Crippen LogP contribution in [0.2, 0.25) is 0 Å². The highest BCUT2D eigenvalue weighted by Crippen LogP contribution is 2.24. The van der Waals surface area contributed by atoms with Crippen molar-refractivity contribution in [3.63, 3.8) is 0 Å². The Balaban J connectivity index is 1.76. The molecule has 0 saturated carbocycles. The molecule has 0 bridgehead atoms. The smallest absolute Gasteiger partial charge is 0.260 e. The number of rotatable bonds is 3. The summed E-state index contributed by atoms with van der Waals surface area (Å²) in [6.45, 7) is 0. The van der Waals surface area contributed by atoms with Crippen LogP contribution in [-0.4, -0.2) is 25.9 Å². The summed E-state index contributed by atoms with van der Waals surface area (Å²) in [5.74, 6) is 0.273. The van der Waals surface area contributed by atoms with Crippen LogP contribution in [0.5, 0.6) is 0 Å². The molecule has 0 radical (unpaired) electrons. The van der Waals surface area contributed by atoms with Crippen molar-refractivity contribution in [1.29, 1.82) is 0 Å². The predicted molar refractivity (Wildman–Crippen MR) is 73.1 cm³/mol. The standard InChI is InChI=1S/C12H11N5OS/c1-17-7-8(6-13-17)12(18)14-11-5-9(15-16-11)10-3-2-4-19-10/h2-7H,1H3,(H2,14,15,16,18). The molecular formula is C12H11N5OS. The molecule has 0 unspecified atom stereocenters. The average molecular weight is 273 g/mol. The van der Waals surface area contributed by atoms with Gasteiger partial charge in [0, 0.05) is 19.3 Å². The highest BCUT2D eigenvalue weighted by Gasteiger charge is 2.11. The summed E-state index contributed by atoms with van der Waals surface area (Å²) in [5, 5.41) is 15.6. The van der Waals surface area contributed by atoms with Crippen molar-refractivity contribution in [1.82, 2.24) is 20.0 Å². The number of carbonyl (C=O) groups is 1. The number of H-pyrrole nitrogens is 1. The van der Waals surface area contributed by atoms with E-state index < -0.39 is 0 Å². The predicted octanol–water partition coefficient (Wildman–Crippen LogP) is 2.12. The molecule has 0 aromatic carbocycles. The van der Waals surface area contributed by atoms with E-state index in [1.807, 2.05) is 17.5 Å². The fourth-order valence-corrected chi connectivity index (χ4v) is 2.36. The summed E-state index contributed by atoms with van der Waals surface area (Å²) in [7, 11) is 1.76. The maximum Gasteiger partial charge on any atom is 0.260 e. The first-order valence-electron chi connectivity index (χ1n) is 5.61. The number of thiophene rings is 1. The van der Waals surface area contributed by atoms with E-state index in [2.05, 4.69) is 20.6 Å². The van der Waals surface area contributed by atoms with Gasteiger partial charge in [-0.25, -0.2) is 0 Å². The van der Waals surface area contributed by atoms with Crippen molar-refractivity contribution in [2.75, 3.05) is 5.32 Å². The quantitative estimate of drug-likeness (QED) is 0.767. The first kappa shape index (κ1) is 11.7. The van der Waals surface area contributed by atoms with Crippen molar-refractivity contribution < 1.29 is 4.79 Å². The minimum absolute atomic E-state index is 0.225. The Bertz CT molecular complexity index is 697. The van der Waals surface area contributed by atoms with Crippen LogP contribution in [0.15, 0.2) is 36.0 Å². The molecule has 7 heteroatoms. The van der Waals surface area contributed by atoms with Crippen LogP contribution >= 0.6 is 11.3 Å². The van der Waals surface area contributed by atoms with Crippen molar-refractivity contribution in [2.24, 2.45) is 7.05 Å². The largest absolute Gasteiger partial charge is 0.305 e. The van der Waals surface area contributed by atoms with Crippen LogP contribution in [0.25, 0.3) is 10.6 Å². The van der Waals surface area contributed by atoms with Gasteiger partial charge in [-0.2, -0.15) is 10.2 Å². The summed E-state index contributed by atoms with van der Waals surface area (Å²) in [5.41, 5.74) is 1.39. The summed E-state index contributed by atoms with van der Waals surface area (Å²) in [6.07, 6.45) is 3.17. The van der Waals surface area contributed by atoms with E-state index in [1.165, 1.54) is 6.20 Å². The van der Waals surface area contributed by atoms with Gasteiger partial charge in [-0.05, 0) is 11.4 Å². The zero-order valence-corrected chi connectivity index (χ0v) is 10.9. The van der Waals surface area contributed by atoms with Gasteiger partial charge in [0.05, 0.1) is 22.3 Å². The molecule has 0 aliphatic rings. The zero-order chi connectivity index (χ0) is 13.2. The minimum Gasteiger partial charge on any atom is -0.305 e. The first-order chi connectivity index (χ1) is 9.22. The number of hydrogen-bond donors (Lipinski definition) is 2. The Morgan fingerprint density at radius 3 is 3.11 bits per heavy atom. The van der Waals surface area contributed by atoms with E-state index in [1.54, 1.807) is 35.3 Å². The molecule has 0 fully saturated rings. The van der Waals surface area contributed by atoms with E-state index in [4.69, 9.17) is 0 Å². The lowest BCUT2D eigenvalue weighted by atomic mass is 10.3. The van der Waals surface area contributed by atoms with Gasteiger partial charge in [-0.15, -0.1) is 11.3 Å².